The van der Waals surface area contributed by atoms with Gasteiger partial charge in [-0.2, -0.15) is 0 Å². The second-order valence-electron chi connectivity index (χ2n) is 5.08. The average Bonchev–Trinajstić information content (AvgIpc) is 2.80. The van der Waals surface area contributed by atoms with Crippen LogP contribution in [0.2, 0.25) is 0 Å². The number of thiocarbonyl (C=S) groups is 1. The van der Waals surface area contributed by atoms with Gasteiger partial charge in [0.25, 0.3) is 0 Å². The van der Waals surface area contributed by atoms with Crippen molar-refractivity contribution >= 4 is 17.2 Å². The molecule has 0 aliphatic carbocycles. The first-order valence-corrected chi connectivity index (χ1v) is 6.91. The minimum absolute atomic E-state index is 0.253. The third kappa shape index (κ3) is 2.57. The highest BCUT2D eigenvalue weighted by Gasteiger charge is 2.19. The summed E-state index contributed by atoms with van der Waals surface area (Å²) in [7, 11) is 0. The van der Waals surface area contributed by atoms with Crippen LogP contribution in [0.15, 0.2) is 42.5 Å². The van der Waals surface area contributed by atoms with Crippen molar-refractivity contribution in [3.63, 3.8) is 0 Å². The third-order valence-corrected chi connectivity index (χ3v) is 3.85. The highest BCUT2D eigenvalue weighted by molar-refractivity contribution is 7.80. The lowest BCUT2D eigenvalue weighted by Gasteiger charge is -2.17. The highest BCUT2D eigenvalue weighted by atomic mass is 32.1. The molecule has 102 valence electrons. The number of hydrogen-bond donors (Lipinski definition) is 1. The summed E-state index contributed by atoms with van der Waals surface area (Å²) >= 11 is 5.04. The van der Waals surface area contributed by atoms with Crippen molar-refractivity contribution in [2.75, 3.05) is 0 Å². The van der Waals surface area contributed by atoms with Gasteiger partial charge in [-0.3, -0.25) is 4.90 Å². The number of halogens is 1. The molecule has 2 nitrogen and oxygen atoms in total. The molecule has 2 aromatic carbocycles. The molecule has 3 rings (SSSR count). The highest BCUT2D eigenvalue weighted by Crippen LogP contribution is 2.25. The zero-order valence-corrected chi connectivity index (χ0v) is 11.8. The van der Waals surface area contributed by atoms with E-state index >= 15 is 0 Å². The van der Waals surface area contributed by atoms with Crippen molar-refractivity contribution in [3.8, 4) is 0 Å². The van der Waals surface area contributed by atoms with Crippen molar-refractivity contribution in [3.05, 3.63) is 70.5 Å². The lowest BCUT2D eigenvalue weighted by molar-refractivity contribution is 0.275. The van der Waals surface area contributed by atoms with Crippen LogP contribution in [0.4, 0.5) is 4.39 Å². The molecule has 2 aromatic rings. The molecule has 1 aliphatic rings. The molecule has 0 atom stereocenters. The van der Waals surface area contributed by atoms with E-state index in [0.717, 1.165) is 24.2 Å². The molecular weight excluding hydrogens is 271 g/mol. The Morgan fingerprint density at radius 2 is 1.80 bits per heavy atom. The molecule has 0 unspecified atom stereocenters. The standard InChI is InChI=1S/C16H15FN2S/c17-14-5-6-15(16(18)20)13(7-14)10-19-8-11-3-1-2-4-12(11)9-19/h1-7H,8-10H2,(H2,18,20). The molecule has 1 heterocycles. The van der Waals surface area contributed by atoms with Crippen molar-refractivity contribution in [2.24, 2.45) is 5.73 Å². The first-order chi connectivity index (χ1) is 9.63. The SMILES string of the molecule is NC(=S)c1ccc(F)cc1CN1Cc2ccccc2C1. The summed E-state index contributed by atoms with van der Waals surface area (Å²) in [6.45, 7) is 2.41. The van der Waals surface area contributed by atoms with Gasteiger partial charge in [0.2, 0.25) is 0 Å². The largest absolute Gasteiger partial charge is 0.389 e. The second kappa shape index (κ2) is 5.31. The average molecular weight is 286 g/mol. The summed E-state index contributed by atoms with van der Waals surface area (Å²) in [5, 5.41) is 0. The van der Waals surface area contributed by atoms with E-state index in [1.165, 1.54) is 23.3 Å². The molecule has 0 spiro atoms. The van der Waals surface area contributed by atoms with Crippen LogP contribution < -0.4 is 5.73 Å². The van der Waals surface area contributed by atoms with Crippen molar-refractivity contribution < 1.29 is 4.39 Å². The Morgan fingerprint density at radius 3 is 2.40 bits per heavy atom. The number of rotatable bonds is 3. The summed E-state index contributed by atoms with van der Waals surface area (Å²) < 4.78 is 13.4. The van der Waals surface area contributed by atoms with Crippen molar-refractivity contribution in [1.82, 2.24) is 4.90 Å². The fourth-order valence-corrected chi connectivity index (χ4v) is 2.89. The molecule has 0 aromatic heterocycles. The molecule has 1 aliphatic heterocycles. The fraction of sp³-hybridized carbons (Fsp3) is 0.188. The van der Waals surface area contributed by atoms with E-state index in [2.05, 4.69) is 17.0 Å². The van der Waals surface area contributed by atoms with Gasteiger partial charge >= 0.3 is 0 Å². The Bertz CT molecular complexity index is 644. The number of hydrogen-bond acceptors (Lipinski definition) is 2. The van der Waals surface area contributed by atoms with Crippen LogP contribution in [-0.2, 0) is 19.6 Å². The van der Waals surface area contributed by atoms with Gasteiger partial charge in [0.15, 0.2) is 0 Å². The van der Waals surface area contributed by atoms with Gasteiger partial charge in [0.05, 0.1) is 0 Å². The van der Waals surface area contributed by atoms with Crippen LogP contribution >= 0.6 is 12.2 Å². The number of nitrogens with zero attached hydrogens (tertiary/aromatic N) is 1. The molecule has 0 saturated carbocycles. The molecule has 0 radical (unpaired) electrons. The molecule has 20 heavy (non-hydrogen) atoms. The first kappa shape index (κ1) is 13.2. The lowest BCUT2D eigenvalue weighted by atomic mass is 10.1. The maximum Gasteiger partial charge on any atom is 0.123 e. The van der Waals surface area contributed by atoms with Crippen molar-refractivity contribution in [1.29, 1.82) is 0 Å². The zero-order valence-electron chi connectivity index (χ0n) is 11.0. The smallest absolute Gasteiger partial charge is 0.123 e. The number of fused-ring (bicyclic) bond motifs is 1. The number of benzene rings is 2. The van der Waals surface area contributed by atoms with E-state index in [4.69, 9.17) is 18.0 Å². The Morgan fingerprint density at radius 1 is 1.15 bits per heavy atom. The molecule has 0 fully saturated rings. The van der Waals surface area contributed by atoms with E-state index in [1.54, 1.807) is 6.07 Å². The third-order valence-electron chi connectivity index (χ3n) is 3.63. The van der Waals surface area contributed by atoms with E-state index in [9.17, 15) is 4.39 Å². The van der Waals surface area contributed by atoms with Gasteiger partial charge in [-0.25, -0.2) is 4.39 Å². The monoisotopic (exact) mass is 286 g/mol. The predicted molar refractivity (Wildman–Crippen MR) is 81.7 cm³/mol. The zero-order chi connectivity index (χ0) is 14.1. The van der Waals surface area contributed by atoms with Crippen LogP contribution in [0.1, 0.15) is 22.3 Å². The number of nitrogens with two attached hydrogens (primary N) is 1. The van der Waals surface area contributed by atoms with Gasteiger partial charge < -0.3 is 5.73 Å². The van der Waals surface area contributed by atoms with Gasteiger partial charge in [0.1, 0.15) is 10.8 Å². The molecule has 0 saturated heterocycles. The Balaban J connectivity index is 1.83. The fourth-order valence-electron chi connectivity index (χ4n) is 2.69. The predicted octanol–water partition coefficient (Wildman–Crippen LogP) is 2.98. The normalized spacial score (nSPS) is 14.2. The van der Waals surface area contributed by atoms with Crippen LogP contribution in [-0.4, -0.2) is 9.89 Å². The summed E-state index contributed by atoms with van der Waals surface area (Å²) in [5.41, 5.74) is 10.00. The molecule has 0 amide bonds. The minimum Gasteiger partial charge on any atom is -0.389 e. The molecular formula is C16H15FN2S. The van der Waals surface area contributed by atoms with Crippen LogP contribution in [0, 0.1) is 5.82 Å². The maximum atomic E-state index is 13.4. The van der Waals surface area contributed by atoms with Crippen LogP contribution in [0.5, 0.6) is 0 Å². The quantitative estimate of drug-likeness (QED) is 0.880. The Labute approximate surface area is 123 Å². The van der Waals surface area contributed by atoms with Gasteiger partial charge in [-0.05, 0) is 34.9 Å². The minimum atomic E-state index is -0.253. The maximum absolute atomic E-state index is 13.4. The molecule has 2 N–H and O–H groups in total. The summed E-state index contributed by atoms with van der Waals surface area (Å²) in [6.07, 6.45) is 0. The second-order valence-corrected chi connectivity index (χ2v) is 5.52. The van der Waals surface area contributed by atoms with Gasteiger partial charge in [0, 0.05) is 25.2 Å². The topological polar surface area (TPSA) is 29.3 Å². The van der Waals surface area contributed by atoms with Gasteiger partial charge in [-0.15, -0.1) is 0 Å². The van der Waals surface area contributed by atoms with Crippen molar-refractivity contribution in [2.45, 2.75) is 19.6 Å². The summed E-state index contributed by atoms with van der Waals surface area (Å²) in [5.74, 6) is -0.253. The van der Waals surface area contributed by atoms with Crippen LogP contribution in [0.25, 0.3) is 0 Å². The molecule has 4 heteroatoms. The van der Waals surface area contributed by atoms with E-state index in [-0.39, 0.29) is 5.82 Å². The summed E-state index contributed by atoms with van der Waals surface area (Å²) in [4.78, 5) is 2.58. The Hall–Kier alpha value is -1.78. The van der Waals surface area contributed by atoms with E-state index in [0.29, 0.717) is 11.5 Å². The van der Waals surface area contributed by atoms with E-state index < -0.39 is 0 Å². The molecule has 0 bridgehead atoms. The Kier molecular flexibility index (Phi) is 3.51. The summed E-state index contributed by atoms with van der Waals surface area (Å²) in [6, 6.07) is 12.9. The first-order valence-electron chi connectivity index (χ1n) is 6.51. The van der Waals surface area contributed by atoms with Gasteiger partial charge in [-0.1, -0.05) is 36.5 Å². The lowest BCUT2D eigenvalue weighted by Crippen LogP contribution is -2.20. The van der Waals surface area contributed by atoms with Crippen LogP contribution in [0.3, 0.4) is 0 Å². The van der Waals surface area contributed by atoms with E-state index in [1.807, 2.05) is 12.1 Å².